The van der Waals surface area contributed by atoms with Gasteiger partial charge in [-0.1, -0.05) is 12.1 Å². The summed E-state index contributed by atoms with van der Waals surface area (Å²) in [6, 6.07) is 6.87. The van der Waals surface area contributed by atoms with Gasteiger partial charge in [0.1, 0.15) is 6.61 Å². The molecule has 1 rings (SSSR count). The molecule has 0 aliphatic carbocycles. The lowest BCUT2D eigenvalue weighted by atomic mass is 10.2. The summed E-state index contributed by atoms with van der Waals surface area (Å²) in [4.78, 5) is 3.84. The van der Waals surface area contributed by atoms with Crippen molar-refractivity contribution < 1.29 is 9.81 Å². The van der Waals surface area contributed by atoms with Gasteiger partial charge in [-0.05, 0) is 17.7 Å². The molecule has 1 aromatic carbocycles. The van der Waals surface area contributed by atoms with Gasteiger partial charge in [0.15, 0.2) is 0 Å². The Kier molecular flexibility index (Phi) is 3.55. The number of quaternary nitrogens is 1. The highest BCUT2D eigenvalue weighted by molar-refractivity contribution is 5.47. The molecule has 0 bridgehead atoms. The van der Waals surface area contributed by atoms with Crippen LogP contribution in [0, 0.1) is 0 Å². The first-order valence-corrected chi connectivity index (χ1v) is 4.13. The first-order chi connectivity index (χ1) is 6.88. The zero-order chi connectivity index (χ0) is 11.5. The maximum Gasteiger partial charge on any atom is 0.139 e. The molecule has 8 nitrogen and oxygen atoms in total. The molecule has 0 unspecified atom stereocenters. The number of rotatable bonds is 4. The summed E-state index contributed by atoms with van der Waals surface area (Å²) >= 11 is 0. The fraction of sp³-hybridized carbons (Fsp3) is 0.143. The number of nitrogens with two attached hydrogens (primary N) is 4. The number of benzene rings is 1. The van der Waals surface area contributed by atoms with Crippen molar-refractivity contribution in [3.05, 3.63) is 35.7 Å². The number of nitrogens with one attached hydrogen (secondary N) is 1. The maximum absolute atomic E-state index is 7.16. The highest BCUT2D eigenvalue weighted by Crippen LogP contribution is 2.14. The lowest BCUT2D eigenvalue weighted by Crippen LogP contribution is -2.65. The van der Waals surface area contributed by atoms with E-state index in [0.717, 1.165) is 10.7 Å². The van der Waals surface area contributed by atoms with Crippen molar-refractivity contribution in [1.29, 1.82) is 0 Å². The molecule has 9 N–H and O–H groups in total. The zero-order valence-corrected chi connectivity index (χ0v) is 8.13. The van der Waals surface area contributed by atoms with Crippen molar-refractivity contribution in [2.75, 3.05) is 5.12 Å². The van der Waals surface area contributed by atoms with Crippen molar-refractivity contribution in [2.24, 2.45) is 23.4 Å². The summed E-state index contributed by atoms with van der Waals surface area (Å²) in [6.45, 7) is 0.130. The molecule has 0 amide bonds. The van der Waals surface area contributed by atoms with Gasteiger partial charge in [0.25, 0.3) is 0 Å². The van der Waals surface area contributed by atoms with E-state index in [1.165, 1.54) is 0 Å². The lowest BCUT2D eigenvalue weighted by molar-refractivity contribution is -1.14. The molecule has 0 atom stereocenters. The first-order valence-electron chi connectivity index (χ1n) is 4.13. The minimum Gasteiger partial charge on any atom is -0.567 e. The molecule has 0 aromatic heterocycles. The predicted octanol–water partition coefficient (Wildman–Crippen LogP) is -0.797. The SMILES string of the molecule is [NH-]N(N)c1cccc(CO[N+](N)(N)N)c1. The highest BCUT2D eigenvalue weighted by Gasteiger charge is 2.11. The topological polar surface area (TPSA) is 140 Å². The molecule has 1 aromatic rings. The highest BCUT2D eigenvalue weighted by atomic mass is 16.8. The van der Waals surface area contributed by atoms with Crippen LogP contribution in [-0.4, -0.2) is 4.97 Å². The monoisotopic (exact) mass is 213 g/mol. The molecule has 84 valence electrons. The van der Waals surface area contributed by atoms with Crippen molar-refractivity contribution in [1.82, 2.24) is 0 Å². The van der Waals surface area contributed by atoms with Crippen LogP contribution in [0.2, 0.25) is 0 Å². The van der Waals surface area contributed by atoms with Gasteiger partial charge >= 0.3 is 0 Å². The van der Waals surface area contributed by atoms with Crippen molar-refractivity contribution in [2.45, 2.75) is 6.61 Å². The van der Waals surface area contributed by atoms with Gasteiger partial charge in [-0.15, -0.1) is 22.4 Å². The van der Waals surface area contributed by atoms with Gasteiger partial charge in [-0.25, -0.2) is 0 Å². The molecular weight excluding hydrogens is 198 g/mol. The largest absolute Gasteiger partial charge is 0.567 e. The molecule has 0 heterocycles. The summed E-state index contributed by atoms with van der Waals surface area (Å²) < 4.78 is 0. The van der Waals surface area contributed by atoms with Crippen LogP contribution in [0.15, 0.2) is 24.3 Å². The molecule has 0 saturated heterocycles. The van der Waals surface area contributed by atoms with E-state index in [-0.39, 0.29) is 6.61 Å². The van der Waals surface area contributed by atoms with Crippen LogP contribution in [0.25, 0.3) is 5.84 Å². The third-order valence-electron chi connectivity index (χ3n) is 1.64. The third kappa shape index (κ3) is 4.18. The van der Waals surface area contributed by atoms with Crippen LogP contribution in [0.4, 0.5) is 5.69 Å². The predicted molar refractivity (Wildman–Crippen MR) is 55.0 cm³/mol. The standard InChI is InChI=1S/C7H15N7O/c8-13(9)7-3-1-2-6(4-7)5-15-14(10,11)12/h1-4,8H,5,9-12H2. The zero-order valence-electron chi connectivity index (χ0n) is 8.13. The van der Waals surface area contributed by atoms with Gasteiger partial charge in [-0.2, -0.15) is 0 Å². The van der Waals surface area contributed by atoms with E-state index in [2.05, 4.69) is 0 Å². The van der Waals surface area contributed by atoms with E-state index < -0.39 is 4.97 Å². The summed E-state index contributed by atoms with van der Waals surface area (Å²) in [6.07, 6.45) is 0. The smallest absolute Gasteiger partial charge is 0.139 e. The second kappa shape index (κ2) is 4.51. The second-order valence-electron chi connectivity index (χ2n) is 3.08. The molecule has 0 aliphatic heterocycles. The molecule has 15 heavy (non-hydrogen) atoms. The molecule has 0 saturated carbocycles. The van der Waals surface area contributed by atoms with Crippen LogP contribution >= 0.6 is 0 Å². The molecule has 8 heteroatoms. The summed E-state index contributed by atoms with van der Waals surface area (Å²) in [5.74, 6) is 27.9. The Morgan fingerprint density at radius 1 is 1.33 bits per heavy atom. The Labute approximate surface area is 87.1 Å². The number of hydrogen-bond donors (Lipinski definition) is 4. The Hall–Kier alpha value is -1.26. The van der Waals surface area contributed by atoms with E-state index >= 15 is 0 Å². The van der Waals surface area contributed by atoms with E-state index in [0.29, 0.717) is 5.69 Å². The number of hydrogen-bond acceptors (Lipinski definition) is 6. The van der Waals surface area contributed by atoms with E-state index in [9.17, 15) is 0 Å². The summed E-state index contributed by atoms with van der Waals surface area (Å²) in [7, 11) is 0. The Balaban J connectivity index is 2.66. The number of nitrogens with zero attached hydrogens (tertiary/aromatic N) is 2. The van der Waals surface area contributed by atoms with Gasteiger partial charge in [0.2, 0.25) is 0 Å². The fourth-order valence-electron chi connectivity index (χ4n) is 0.982. The average Bonchev–Trinajstić information content (AvgIpc) is 2.14. The van der Waals surface area contributed by atoms with Crippen LogP contribution < -0.4 is 28.5 Å². The second-order valence-corrected chi connectivity index (χ2v) is 3.08. The maximum atomic E-state index is 7.16. The minimum atomic E-state index is -1.06. The average molecular weight is 213 g/mol. The molecule has 0 aliphatic rings. The van der Waals surface area contributed by atoms with Crippen molar-refractivity contribution in [3.63, 3.8) is 0 Å². The quantitative estimate of drug-likeness (QED) is 0.293. The molecule has 0 fully saturated rings. The third-order valence-corrected chi connectivity index (χ3v) is 1.64. The van der Waals surface area contributed by atoms with Gasteiger partial charge in [-0.3, -0.25) is 5.84 Å². The summed E-state index contributed by atoms with van der Waals surface area (Å²) in [5, 5.41) is 0.749. The number of anilines is 1. The molecule has 0 radical (unpaired) electrons. The van der Waals surface area contributed by atoms with Gasteiger partial charge in [0, 0.05) is 10.7 Å². The van der Waals surface area contributed by atoms with Gasteiger partial charge < -0.3 is 11.0 Å². The Bertz CT molecular complexity index is 321. The van der Waals surface area contributed by atoms with E-state index in [1.54, 1.807) is 24.3 Å². The van der Waals surface area contributed by atoms with Crippen molar-refractivity contribution in [3.8, 4) is 0 Å². The van der Waals surface area contributed by atoms with E-state index in [4.69, 9.17) is 34.1 Å². The minimum absolute atomic E-state index is 0.130. The van der Waals surface area contributed by atoms with Crippen LogP contribution in [-0.2, 0) is 11.4 Å². The lowest BCUT2D eigenvalue weighted by Gasteiger charge is -2.23. The summed E-state index contributed by atoms with van der Waals surface area (Å²) in [5.41, 5.74) is 1.29. The normalized spacial score (nSPS) is 11.5. The van der Waals surface area contributed by atoms with Crippen LogP contribution in [0.5, 0.6) is 0 Å². The number of hydrazine groups is 1. The first kappa shape index (κ1) is 11.8. The van der Waals surface area contributed by atoms with Crippen LogP contribution in [0.3, 0.4) is 0 Å². The van der Waals surface area contributed by atoms with Gasteiger partial charge in [0.05, 0.1) is 0 Å². The van der Waals surface area contributed by atoms with E-state index in [1.807, 2.05) is 0 Å². The van der Waals surface area contributed by atoms with Crippen LogP contribution in [0.1, 0.15) is 5.56 Å². The molecular formula is C7H15N7O. The fourth-order valence-corrected chi connectivity index (χ4v) is 0.982. The Morgan fingerprint density at radius 3 is 2.53 bits per heavy atom. The Morgan fingerprint density at radius 2 is 2.00 bits per heavy atom. The van der Waals surface area contributed by atoms with Crippen molar-refractivity contribution >= 4 is 5.69 Å². The molecule has 0 spiro atoms.